The lowest BCUT2D eigenvalue weighted by Crippen LogP contribution is -2.47. The predicted molar refractivity (Wildman–Crippen MR) is 81.1 cm³/mol. The number of hydrogen-bond acceptors (Lipinski definition) is 5. The molecule has 0 radical (unpaired) electrons. The monoisotopic (exact) mass is 311 g/mol. The number of esters is 1. The third kappa shape index (κ3) is 5.75. The van der Waals surface area contributed by atoms with Crippen LogP contribution in [0.15, 0.2) is 12.4 Å². The SMILES string of the molecule is Cc1nccn1COC(=O)[C@@H](NC(=O)OC(C)(C)C)C(C)C. The average molecular weight is 311 g/mol. The fourth-order valence-electron chi connectivity index (χ4n) is 1.70. The number of hydrogen-bond donors (Lipinski definition) is 1. The number of rotatable bonds is 5. The molecule has 0 saturated heterocycles. The Morgan fingerprint density at radius 2 is 2.00 bits per heavy atom. The van der Waals surface area contributed by atoms with Gasteiger partial charge in [0.15, 0.2) is 6.73 Å². The van der Waals surface area contributed by atoms with E-state index in [1.807, 2.05) is 20.8 Å². The molecule has 1 atom stereocenters. The molecular weight excluding hydrogens is 286 g/mol. The quantitative estimate of drug-likeness (QED) is 0.843. The standard InChI is InChI=1S/C15H25N3O4/c1-10(2)12(17-14(20)22-15(4,5)6)13(19)21-9-18-8-7-16-11(18)3/h7-8,10,12H,9H2,1-6H3,(H,17,20)/t12-/m0/s1. The molecule has 0 aliphatic rings. The van der Waals surface area contributed by atoms with Crippen LogP contribution in [0.25, 0.3) is 0 Å². The molecule has 22 heavy (non-hydrogen) atoms. The highest BCUT2D eigenvalue weighted by atomic mass is 16.6. The number of aromatic nitrogens is 2. The molecule has 0 aliphatic carbocycles. The molecule has 7 nitrogen and oxygen atoms in total. The zero-order valence-corrected chi connectivity index (χ0v) is 14.0. The van der Waals surface area contributed by atoms with E-state index in [1.165, 1.54) is 0 Å². The van der Waals surface area contributed by atoms with Gasteiger partial charge in [0.1, 0.15) is 17.5 Å². The Morgan fingerprint density at radius 1 is 1.36 bits per heavy atom. The van der Waals surface area contributed by atoms with E-state index in [0.29, 0.717) is 0 Å². The molecule has 1 heterocycles. The Kier molecular flexibility index (Phi) is 5.96. The summed E-state index contributed by atoms with van der Waals surface area (Å²) in [6.07, 6.45) is 2.71. The van der Waals surface area contributed by atoms with Crippen molar-refractivity contribution in [2.24, 2.45) is 5.92 Å². The lowest BCUT2D eigenvalue weighted by Gasteiger charge is -2.24. The van der Waals surface area contributed by atoms with E-state index in [9.17, 15) is 9.59 Å². The largest absolute Gasteiger partial charge is 0.444 e. The van der Waals surface area contributed by atoms with Crippen LogP contribution in [0.5, 0.6) is 0 Å². The van der Waals surface area contributed by atoms with Crippen molar-refractivity contribution in [2.45, 2.75) is 59.9 Å². The summed E-state index contributed by atoms with van der Waals surface area (Å²) >= 11 is 0. The zero-order chi connectivity index (χ0) is 16.9. The maximum Gasteiger partial charge on any atom is 0.408 e. The summed E-state index contributed by atoms with van der Waals surface area (Å²) in [5, 5.41) is 2.56. The van der Waals surface area contributed by atoms with E-state index >= 15 is 0 Å². The van der Waals surface area contributed by atoms with E-state index in [-0.39, 0.29) is 12.6 Å². The lowest BCUT2D eigenvalue weighted by atomic mass is 10.1. The Balaban J connectivity index is 2.60. The van der Waals surface area contributed by atoms with E-state index in [0.717, 1.165) is 5.82 Å². The molecule has 0 aliphatic heterocycles. The summed E-state index contributed by atoms with van der Waals surface area (Å²) in [4.78, 5) is 28.0. The second kappa shape index (κ2) is 7.29. The molecule has 0 fully saturated rings. The lowest BCUT2D eigenvalue weighted by molar-refractivity contribution is -0.151. The van der Waals surface area contributed by atoms with Gasteiger partial charge in [-0.05, 0) is 33.6 Å². The number of amides is 1. The molecule has 1 aromatic rings. The zero-order valence-electron chi connectivity index (χ0n) is 14.0. The number of nitrogens with one attached hydrogen (secondary N) is 1. The van der Waals surface area contributed by atoms with Crippen molar-refractivity contribution in [3.8, 4) is 0 Å². The summed E-state index contributed by atoms with van der Waals surface area (Å²) < 4.78 is 12.1. The molecule has 1 amide bonds. The smallest absolute Gasteiger partial charge is 0.408 e. The summed E-state index contributed by atoms with van der Waals surface area (Å²) in [7, 11) is 0. The molecule has 0 bridgehead atoms. The van der Waals surface area contributed by atoms with Crippen molar-refractivity contribution >= 4 is 12.1 Å². The van der Waals surface area contributed by atoms with Gasteiger partial charge in [-0.15, -0.1) is 0 Å². The fraction of sp³-hybridized carbons (Fsp3) is 0.667. The van der Waals surface area contributed by atoms with Crippen LogP contribution in [-0.2, 0) is 21.0 Å². The van der Waals surface area contributed by atoms with Gasteiger partial charge in [0.25, 0.3) is 0 Å². The van der Waals surface area contributed by atoms with Crippen LogP contribution in [0.1, 0.15) is 40.4 Å². The van der Waals surface area contributed by atoms with Gasteiger partial charge in [-0.2, -0.15) is 0 Å². The predicted octanol–water partition coefficient (Wildman–Crippen LogP) is 2.24. The van der Waals surface area contributed by atoms with Gasteiger partial charge in [-0.25, -0.2) is 14.6 Å². The highest BCUT2D eigenvalue weighted by molar-refractivity contribution is 5.81. The van der Waals surface area contributed by atoms with E-state index in [2.05, 4.69) is 10.3 Å². The fourth-order valence-corrected chi connectivity index (χ4v) is 1.70. The van der Waals surface area contributed by atoms with Crippen LogP contribution in [0.2, 0.25) is 0 Å². The topological polar surface area (TPSA) is 82.5 Å². The Bertz CT molecular complexity index is 517. The number of carbonyl (C=O) groups excluding carboxylic acids is 2. The summed E-state index contributed by atoms with van der Waals surface area (Å²) in [6, 6.07) is -0.765. The Hall–Kier alpha value is -2.05. The van der Waals surface area contributed by atoms with Gasteiger partial charge in [0.2, 0.25) is 0 Å². The van der Waals surface area contributed by atoms with Gasteiger partial charge in [0, 0.05) is 12.4 Å². The third-order valence-electron chi connectivity index (χ3n) is 2.86. The summed E-state index contributed by atoms with van der Waals surface area (Å²) in [6.45, 7) is 10.8. The minimum Gasteiger partial charge on any atom is -0.444 e. The maximum atomic E-state index is 12.2. The molecule has 0 unspecified atom stereocenters. The van der Waals surface area contributed by atoms with E-state index in [4.69, 9.17) is 9.47 Å². The molecule has 7 heteroatoms. The average Bonchev–Trinajstić information content (AvgIpc) is 2.76. The van der Waals surface area contributed by atoms with Gasteiger partial charge < -0.3 is 19.4 Å². The van der Waals surface area contributed by atoms with Crippen molar-refractivity contribution in [1.82, 2.24) is 14.9 Å². The maximum absolute atomic E-state index is 12.2. The molecule has 1 rings (SSSR count). The van der Waals surface area contributed by atoms with Crippen molar-refractivity contribution in [3.05, 3.63) is 18.2 Å². The number of alkyl carbamates (subject to hydrolysis) is 1. The van der Waals surface area contributed by atoms with Crippen LogP contribution < -0.4 is 5.32 Å². The highest BCUT2D eigenvalue weighted by Crippen LogP contribution is 2.10. The van der Waals surface area contributed by atoms with Gasteiger partial charge in [0.05, 0.1) is 0 Å². The second-order valence-corrected chi connectivity index (χ2v) is 6.40. The molecular formula is C15H25N3O4. The number of aryl methyl sites for hydroxylation is 1. The molecule has 1 aromatic heterocycles. The van der Waals surface area contributed by atoms with Crippen LogP contribution in [0.4, 0.5) is 4.79 Å². The summed E-state index contributed by atoms with van der Waals surface area (Å²) in [5.41, 5.74) is -0.622. The molecule has 0 saturated carbocycles. The van der Waals surface area contributed by atoms with Crippen LogP contribution in [0, 0.1) is 12.8 Å². The van der Waals surface area contributed by atoms with Crippen molar-refractivity contribution in [3.63, 3.8) is 0 Å². The van der Waals surface area contributed by atoms with Crippen molar-refractivity contribution in [1.29, 1.82) is 0 Å². The van der Waals surface area contributed by atoms with E-state index < -0.39 is 23.7 Å². The molecule has 0 spiro atoms. The minimum atomic E-state index is -0.765. The first-order valence-corrected chi connectivity index (χ1v) is 7.24. The van der Waals surface area contributed by atoms with Crippen LogP contribution in [0.3, 0.4) is 0 Å². The second-order valence-electron chi connectivity index (χ2n) is 6.40. The molecule has 0 aromatic carbocycles. The normalized spacial score (nSPS) is 12.9. The first-order valence-electron chi connectivity index (χ1n) is 7.24. The van der Waals surface area contributed by atoms with Crippen molar-refractivity contribution in [2.75, 3.05) is 0 Å². The van der Waals surface area contributed by atoms with E-state index in [1.54, 1.807) is 37.7 Å². The first-order chi connectivity index (χ1) is 10.1. The van der Waals surface area contributed by atoms with Crippen LogP contribution >= 0.6 is 0 Å². The van der Waals surface area contributed by atoms with Gasteiger partial charge in [-0.1, -0.05) is 13.8 Å². The number of imidazole rings is 1. The number of ether oxygens (including phenoxy) is 2. The Labute approximate surface area is 131 Å². The molecule has 1 N–H and O–H groups in total. The van der Waals surface area contributed by atoms with Crippen LogP contribution in [-0.4, -0.2) is 33.3 Å². The summed E-state index contributed by atoms with van der Waals surface area (Å²) in [5.74, 6) is 0.117. The first kappa shape index (κ1) is 18.0. The van der Waals surface area contributed by atoms with Gasteiger partial charge in [-0.3, -0.25) is 0 Å². The number of nitrogens with zero attached hydrogens (tertiary/aromatic N) is 2. The Morgan fingerprint density at radius 3 is 2.45 bits per heavy atom. The van der Waals surface area contributed by atoms with Gasteiger partial charge >= 0.3 is 12.1 Å². The third-order valence-corrected chi connectivity index (χ3v) is 2.86. The molecule has 124 valence electrons. The van der Waals surface area contributed by atoms with Crippen molar-refractivity contribution < 1.29 is 19.1 Å². The minimum absolute atomic E-state index is 0.0594. The number of carbonyl (C=O) groups is 2. The highest BCUT2D eigenvalue weighted by Gasteiger charge is 2.28.